The summed E-state index contributed by atoms with van der Waals surface area (Å²) in [5.74, 6) is -0.840. The fourth-order valence-electron chi connectivity index (χ4n) is 4.02. The Hall–Kier alpha value is -4.21. The molecule has 36 heavy (non-hydrogen) atoms. The van der Waals surface area contributed by atoms with Crippen molar-refractivity contribution in [3.8, 4) is 0 Å². The molecular weight excluding hydrogens is 480 g/mol. The maximum atomic E-state index is 13.4. The zero-order valence-corrected chi connectivity index (χ0v) is 19.8. The predicted octanol–water partition coefficient (Wildman–Crippen LogP) is 4.14. The second-order valence-corrected chi connectivity index (χ2v) is 9.08. The molecule has 1 unspecified atom stereocenters. The standard InChI is InChI=1S/C27H22N2O6S/c30-25(17-20-7-2-4-11-26(20)36(34)35)24(16-18-12-14-21(15-13-18)29(32)33)28-27(31)23-10-5-8-19-6-1-3-9-22(19)23/h1-15,24H,16-17H2,(H,28,31)(H,34,35)/p-1/t24-/m0/s1. The van der Waals surface area contributed by atoms with Crippen molar-refractivity contribution in [3.63, 3.8) is 0 Å². The Labute approximate surface area is 209 Å². The fourth-order valence-corrected chi connectivity index (χ4v) is 4.56. The Balaban J connectivity index is 1.64. The van der Waals surface area contributed by atoms with Crippen LogP contribution in [-0.4, -0.2) is 31.4 Å². The van der Waals surface area contributed by atoms with Gasteiger partial charge >= 0.3 is 0 Å². The van der Waals surface area contributed by atoms with Crippen molar-refractivity contribution in [1.82, 2.24) is 5.32 Å². The number of carbonyl (C=O) groups excluding carboxylic acids is 2. The summed E-state index contributed by atoms with van der Waals surface area (Å²) in [5.41, 5.74) is 1.24. The largest absolute Gasteiger partial charge is 0.768 e. The highest BCUT2D eigenvalue weighted by Crippen LogP contribution is 2.20. The van der Waals surface area contributed by atoms with E-state index < -0.39 is 28.0 Å². The number of nitrogens with one attached hydrogen (secondary N) is 1. The van der Waals surface area contributed by atoms with E-state index in [1.807, 2.05) is 30.3 Å². The van der Waals surface area contributed by atoms with Gasteiger partial charge in [0.15, 0.2) is 5.78 Å². The van der Waals surface area contributed by atoms with Crippen LogP contribution in [0.4, 0.5) is 5.69 Å². The minimum Gasteiger partial charge on any atom is -0.768 e. The number of nitro benzene ring substituents is 1. The molecule has 0 saturated carbocycles. The molecule has 4 aromatic carbocycles. The van der Waals surface area contributed by atoms with E-state index in [0.29, 0.717) is 16.7 Å². The van der Waals surface area contributed by atoms with Gasteiger partial charge in [-0.05, 0) is 51.5 Å². The molecule has 0 spiro atoms. The maximum Gasteiger partial charge on any atom is 0.269 e. The van der Waals surface area contributed by atoms with Crippen LogP contribution in [-0.2, 0) is 28.7 Å². The third kappa shape index (κ3) is 5.70. The zero-order valence-electron chi connectivity index (χ0n) is 19.0. The van der Waals surface area contributed by atoms with Gasteiger partial charge in [0.25, 0.3) is 11.6 Å². The van der Waals surface area contributed by atoms with Gasteiger partial charge in [-0.3, -0.25) is 23.9 Å². The average molecular weight is 502 g/mol. The molecule has 0 aliphatic heterocycles. The highest BCUT2D eigenvalue weighted by Gasteiger charge is 2.24. The summed E-state index contributed by atoms with van der Waals surface area (Å²) in [6, 6.07) is 23.6. The highest BCUT2D eigenvalue weighted by molar-refractivity contribution is 7.79. The maximum absolute atomic E-state index is 13.4. The van der Waals surface area contributed by atoms with Gasteiger partial charge in [0.2, 0.25) is 0 Å². The van der Waals surface area contributed by atoms with Crippen molar-refractivity contribution in [1.29, 1.82) is 0 Å². The lowest BCUT2D eigenvalue weighted by Gasteiger charge is -2.20. The van der Waals surface area contributed by atoms with Gasteiger partial charge in [0, 0.05) is 29.0 Å². The van der Waals surface area contributed by atoms with Crippen LogP contribution in [0.5, 0.6) is 0 Å². The summed E-state index contributed by atoms with van der Waals surface area (Å²) in [5, 5.41) is 15.4. The average Bonchev–Trinajstić information content (AvgIpc) is 2.88. The molecule has 9 heteroatoms. The molecule has 2 atom stereocenters. The SMILES string of the molecule is O=C(N[C@@H](Cc1ccc([N+](=O)[O-])cc1)C(=O)Cc1ccccc1S(=O)[O-])c1cccc2ccccc12. The van der Waals surface area contributed by atoms with E-state index in [0.717, 1.165) is 10.8 Å². The molecule has 0 saturated heterocycles. The first-order valence-electron chi connectivity index (χ1n) is 11.1. The Morgan fingerprint density at radius 1 is 0.889 bits per heavy atom. The highest BCUT2D eigenvalue weighted by atomic mass is 32.2. The van der Waals surface area contributed by atoms with Crippen LogP contribution in [0.15, 0.2) is 95.9 Å². The number of non-ortho nitro benzene ring substituents is 1. The Bertz CT molecular complexity index is 1460. The monoisotopic (exact) mass is 501 g/mol. The molecule has 0 aliphatic rings. The lowest BCUT2D eigenvalue weighted by molar-refractivity contribution is -0.384. The van der Waals surface area contributed by atoms with Crippen LogP contribution in [0, 0.1) is 10.1 Å². The molecule has 0 fully saturated rings. The molecule has 0 aliphatic carbocycles. The number of benzene rings is 4. The molecular formula is C27H21N2O6S-. The van der Waals surface area contributed by atoms with E-state index in [-0.39, 0.29) is 29.2 Å². The zero-order chi connectivity index (χ0) is 25.7. The molecule has 0 radical (unpaired) electrons. The van der Waals surface area contributed by atoms with Crippen LogP contribution in [0.1, 0.15) is 21.5 Å². The van der Waals surface area contributed by atoms with Crippen molar-refractivity contribution >= 4 is 39.2 Å². The van der Waals surface area contributed by atoms with Gasteiger partial charge < -0.3 is 9.87 Å². The number of hydrogen-bond acceptors (Lipinski definition) is 6. The minimum atomic E-state index is -2.52. The van der Waals surface area contributed by atoms with E-state index >= 15 is 0 Å². The molecule has 8 nitrogen and oxygen atoms in total. The number of nitro groups is 1. The molecule has 0 aromatic heterocycles. The van der Waals surface area contributed by atoms with Crippen LogP contribution in [0.3, 0.4) is 0 Å². The number of nitrogens with zero attached hydrogens (tertiary/aromatic N) is 1. The van der Waals surface area contributed by atoms with E-state index in [2.05, 4.69) is 5.32 Å². The summed E-state index contributed by atoms with van der Waals surface area (Å²) in [6.45, 7) is 0. The normalized spacial score (nSPS) is 12.6. The summed E-state index contributed by atoms with van der Waals surface area (Å²) in [7, 11) is 0. The number of carbonyl (C=O) groups is 2. The number of fused-ring (bicyclic) bond motifs is 1. The van der Waals surface area contributed by atoms with Crippen molar-refractivity contribution in [3.05, 3.63) is 118 Å². The first-order chi connectivity index (χ1) is 17.3. The van der Waals surface area contributed by atoms with E-state index in [9.17, 15) is 28.5 Å². The summed E-state index contributed by atoms with van der Waals surface area (Å²) in [4.78, 5) is 37.1. The number of rotatable bonds is 9. The van der Waals surface area contributed by atoms with Gasteiger partial charge in [0.05, 0.1) is 11.0 Å². The summed E-state index contributed by atoms with van der Waals surface area (Å²) in [6.07, 6.45) is -0.131. The van der Waals surface area contributed by atoms with Gasteiger partial charge in [-0.15, -0.1) is 0 Å². The molecule has 4 rings (SSSR count). The van der Waals surface area contributed by atoms with Crippen LogP contribution in [0.25, 0.3) is 10.8 Å². The Morgan fingerprint density at radius 3 is 2.28 bits per heavy atom. The third-order valence-corrected chi connectivity index (χ3v) is 6.59. The lowest BCUT2D eigenvalue weighted by Crippen LogP contribution is -2.43. The Kier molecular flexibility index (Phi) is 7.62. The van der Waals surface area contributed by atoms with Crippen molar-refractivity contribution in [2.75, 3.05) is 0 Å². The van der Waals surface area contributed by atoms with Crippen molar-refractivity contribution in [2.45, 2.75) is 23.8 Å². The van der Waals surface area contributed by atoms with Crippen LogP contribution >= 0.6 is 0 Å². The van der Waals surface area contributed by atoms with Gasteiger partial charge in [0.1, 0.15) is 0 Å². The third-order valence-electron chi connectivity index (χ3n) is 5.83. The topological polar surface area (TPSA) is 129 Å². The summed E-state index contributed by atoms with van der Waals surface area (Å²) < 4.78 is 23.2. The van der Waals surface area contributed by atoms with Crippen LogP contribution < -0.4 is 5.32 Å². The smallest absolute Gasteiger partial charge is 0.269 e. The molecule has 1 N–H and O–H groups in total. The first kappa shape index (κ1) is 24.9. The molecule has 1 amide bonds. The van der Waals surface area contributed by atoms with E-state index in [1.165, 1.54) is 30.3 Å². The number of hydrogen-bond donors (Lipinski definition) is 1. The molecule has 182 valence electrons. The number of ketones is 1. The minimum absolute atomic E-state index is 0.0142. The van der Waals surface area contributed by atoms with Gasteiger partial charge in [-0.1, -0.05) is 66.7 Å². The lowest BCUT2D eigenvalue weighted by atomic mass is 9.96. The number of Topliss-reactive ketones (excluding diaryl/α,β-unsaturated/α-hetero) is 1. The van der Waals surface area contributed by atoms with Crippen LogP contribution in [0.2, 0.25) is 0 Å². The van der Waals surface area contributed by atoms with E-state index in [4.69, 9.17) is 0 Å². The molecule has 4 aromatic rings. The quantitative estimate of drug-likeness (QED) is 0.208. The fraction of sp³-hybridized carbons (Fsp3) is 0.111. The molecule has 0 bridgehead atoms. The second-order valence-electron chi connectivity index (χ2n) is 8.17. The van der Waals surface area contributed by atoms with E-state index in [1.54, 1.807) is 30.3 Å². The van der Waals surface area contributed by atoms with Gasteiger partial charge in [-0.25, -0.2) is 0 Å². The Morgan fingerprint density at radius 2 is 1.56 bits per heavy atom. The predicted molar refractivity (Wildman–Crippen MR) is 134 cm³/mol. The summed E-state index contributed by atoms with van der Waals surface area (Å²) >= 11 is -2.52. The first-order valence-corrected chi connectivity index (χ1v) is 12.1. The second kappa shape index (κ2) is 11.0. The number of amides is 1. The van der Waals surface area contributed by atoms with Gasteiger partial charge in [-0.2, -0.15) is 0 Å². The van der Waals surface area contributed by atoms with Crippen molar-refractivity contribution < 1.29 is 23.3 Å². The van der Waals surface area contributed by atoms with Crippen molar-refractivity contribution in [2.24, 2.45) is 0 Å². The molecule has 0 heterocycles.